The third-order valence-corrected chi connectivity index (χ3v) is 3.36. The van der Waals surface area contributed by atoms with Gasteiger partial charge >= 0.3 is 11.9 Å². The van der Waals surface area contributed by atoms with E-state index < -0.39 is 17.9 Å². The van der Waals surface area contributed by atoms with Gasteiger partial charge in [0.25, 0.3) is 0 Å². The number of alkyl halides is 2. The van der Waals surface area contributed by atoms with Crippen LogP contribution in [-0.4, -0.2) is 29.0 Å². The molecule has 0 amide bonds. The van der Waals surface area contributed by atoms with E-state index in [0.717, 1.165) is 0 Å². The Hall–Kier alpha value is -2.28. The van der Waals surface area contributed by atoms with Gasteiger partial charge in [0.05, 0.1) is 12.1 Å². The van der Waals surface area contributed by atoms with Crippen LogP contribution in [0.15, 0.2) is 30.5 Å². The van der Waals surface area contributed by atoms with Gasteiger partial charge in [-0.15, -0.1) is 0 Å². The monoisotopic (exact) mass is 310 g/mol. The number of hydrogen-bond donors (Lipinski definition) is 1. The molecule has 118 valence electrons. The van der Waals surface area contributed by atoms with Crippen LogP contribution in [0.5, 0.6) is 0 Å². The molecular formula is C15H16F2N2O3. The number of aromatic nitrogens is 1. The van der Waals surface area contributed by atoms with Crippen molar-refractivity contribution in [2.75, 3.05) is 6.61 Å². The van der Waals surface area contributed by atoms with Gasteiger partial charge in [-0.1, -0.05) is 18.2 Å². The SMILES string of the molecule is CCOC(=O)C(F)(F)[C@H](N)c1cn(C(C)=O)c2ccccc12. The maximum Gasteiger partial charge on any atom is 0.379 e. The molecule has 0 spiro atoms. The average Bonchev–Trinajstić information content (AvgIpc) is 2.86. The van der Waals surface area contributed by atoms with Crippen LogP contribution in [0.4, 0.5) is 8.78 Å². The number of nitrogens with zero attached hydrogens (tertiary/aromatic N) is 1. The van der Waals surface area contributed by atoms with E-state index in [1.54, 1.807) is 24.3 Å². The quantitative estimate of drug-likeness (QED) is 0.881. The first-order valence-corrected chi connectivity index (χ1v) is 6.72. The third-order valence-electron chi connectivity index (χ3n) is 3.36. The maximum atomic E-state index is 14.1. The number of benzene rings is 1. The molecule has 0 unspecified atom stereocenters. The second-order valence-corrected chi connectivity index (χ2v) is 4.81. The summed E-state index contributed by atoms with van der Waals surface area (Å²) < 4.78 is 33.9. The fourth-order valence-corrected chi connectivity index (χ4v) is 2.26. The van der Waals surface area contributed by atoms with Crippen molar-refractivity contribution in [1.29, 1.82) is 0 Å². The number of halogens is 2. The van der Waals surface area contributed by atoms with Crippen LogP contribution < -0.4 is 5.73 Å². The minimum absolute atomic E-state index is 0.0175. The Kier molecular flexibility index (Phi) is 4.27. The van der Waals surface area contributed by atoms with E-state index in [-0.39, 0.29) is 18.1 Å². The van der Waals surface area contributed by atoms with Crippen LogP contribution in [0.2, 0.25) is 0 Å². The van der Waals surface area contributed by atoms with Gasteiger partial charge in [-0.3, -0.25) is 9.36 Å². The standard InChI is InChI=1S/C15H16F2N2O3/c1-3-22-14(21)15(16,17)13(18)11-8-19(9(2)20)12-7-5-4-6-10(11)12/h4-8,13H,3,18H2,1-2H3/t13-/m1/s1. The molecule has 0 saturated heterocycles. The van der Waals surface area contributed by atoms with Crippen molar-refractivity contribution in [3.05, 3.63) is 36.0 Å². The molecule has 22 heavy (non-hydrogen) atoms. The summed E-state index contributed by atoms with van der Waals surface area (Å²) in [6.07, 6.45) is 1.24. The lowest BCUT2D eigenvalue weighted by Crippen LogP contribution is -2.41. The highest BCUT2D eigenvalue weighted by Crippen LogP contribution is 2.35. The Morgan fingerprint density at radius 2 is 2.00 bits per heavy atom. The fraction of sp³-hybridized carbons (Fsp3) is 0.333. The van der Waals surface area contributed by atoms with E-state index in [4.69, 9.17) is 5.73 Å². The highest BCUT2D eigenvalue weighted by molar-refractivity contribution is 5.94. The number of para-hydroxylation sites is 1. The number of carbonyl (C=O) groups excluding carboxylic acids is 2. The summed E-state index contributed by atoms with van der Waals surface area (Å²) in [7, 11) is 0. The Balaban J connectivity index is 2.55. The lowest BCUT2D eigenvalue weighted by molar-refractivity contribution is -0.174. The first kappa shape index (κ1) is 16.1. The predicted molar refractivity (Wildman–Crippen MR) is 76.7 cm³/mol. The van der Waals surface area contributed by atoms with Crippen LogP contribution in [0.1, 0.15) is 30.2 Å². The van der Waals surface area contributed by atoms with Crippen LogP contribution in [0.25, 0.3) is 10.9 Å². The van der Waals surface area contributed by atoms with Crippen LogP contribution in [-0.2, 0) is 9.53 Å². The Morgan fingerprint density at radius 3 is 2.59 bits per heavy atom. The lowest BCUT2D eigenvalue weighted by Gasteiger charge is -2.21. The molecule has 1 heterocycles. The third kappa shape index (κ3) is 2.59. The van der Waals surface area contributed by atoms with Gasteiger partial charge in [-0.25, -0.2) is 4.79 Å². The molecule has 2 aromatic rings. The molecule has 1 aromatic carbocycles. The zero-order valence-electron chi connectivity index (χ0n) is 12.2. The summed E-state index contributed by atoms with van der Waals surface area (Å²) in [6.45, 7) is 2.57. The number of carbonyl (C=O) groups is 2. The number of ether oxygens (including phenoxy) is 1. The van der Waals surface area contributed by atoms with E-state index in [2.05, 4.69) is 4.74 Å². The van der Waals surface area contributed by atoms with Crippen LogP contribution >= 0.6 is 0 Å². The van der Waals surface area contributed by atoms with Gasteiger partial charge in [0.2, 0.25) is 5.91 Å². The number of fused-ring (bicyclic) bond motifs is 1. The molecule has 0 aliphatic rings. The summed E-state index contributed by atoms with van der Waals surface area (Å²) in [5.41, 5.74) is 6.08. The Morgan fingerprint density at radius 1 is 1.36 bits per heavy atom. The number of hydrogen-bond acceptors (Lipinski definition) is 4. The van der Waals surface area contributed by atoms with Gasteiger partial charge in [-0.05, 0) is 13.0 Å². The fourth-order valence-electron chi connectivity index (χ4n) is 2.26. The molecule has 2 N–H and O–H groups in total. The van der Waals surface area contributed by atoms with Crippen molar-refractivity contribution >= 4 is 22.8 Å². The van der Waals surface area contributed by atoms with Crippen molar-refractivity contribution in [1.82, 2.24) is 4.57 Å². The molecular weight excluding hydrogens is 294 g/mol. The van der Waals surface area contributed by atoms with Gasteiger partial charge < -0.3 is 10.5 Å². The Bertz CT molecular complexity index is 725. The van der Waals surface area contributed by atoms with Crippen molar-refractivity contribution in [3.8, 4) is 0 Å². The molecule has 0 fully saturated rings. The number of esters is 1. The average molecular weight is 310 g/mol. The first-order valence-electron chi connectivity index (χ1n) is 6.72. The minimum atomic E-state index is -3.89. The van der Waals surface area contributed by atoms with E-state index >= 15 is 0 Å². The second-order valence-electron chi connectivity index (χ2n) is 4.81. The molecule has 5 nitrogen and oxygen atoms in total. The van der Waals surface area contributed by atoms with Gasteiger partial charge in [0.15, 0.2) is 0 Å². The number of rotatable bonds is 4. The second kappa shape index (κ2) is 5.84. The molecule has 1 atom stereocenters. The first-order chi connectivity index (χ1) is 10.3. The molecule has 2 rings (SSSR count). The Labute approximate surface area is 125 Å². The molecule has 0 radical (unpaired) electrons. The normalized spacial score (nSPS) is 13.1. The van der Waals surface area contributed by atoms with E-state index in [1.165, 1.54) is 24.6 Å². The van der Waals surface area contributed by atoms with Crippen molar-refractivity contribution in [2.45, 2.75) is 25.8 Å². The summed E-state index contributed by atoms with van der Waals surface area (Å²) in [5, 5.41) is 0.397. The van der Waals surface area contributed by atoms with E-state index in [9.17, 15) is 18.4 Å². The summed E-state index contributed by atoms with van der Waals surface area (Å²) >= 11 is 0. The van der Waals surface area contributed by atoms with Gasteiger partial charge in [-0.2, -0.15) is 8.78 Å². The zero-order valence-corrected chi connectivity index (χ0v) is 12.2. The molecule has 1 aromatic heterocycles. The highest BCUT2D eigenvalue weighted by Gasteiger charge is 2.48. The number of nitrogens with two attached hydrogens (primary N) is 1. The van der Waals surface area contributed by atoms with Gasteiger partial charge in [0.1, 0.15) is 6.04 Å². The maximum absolute atomic E-state index is 14.1. The molecule has 0 aliphatic heterocycles. The van der Waals surface area contributed by atoms with Crippen LogP contribution in [0, 0.1) is 0 Å². The van der Waals surface area contributed by atoms with Crippen molar-refractivity contribution < 1.29 is 23.1 Å². The van der Waals surface area contributed by atoms with Crippen molar-refractivity contribution in [2.24, 2.45) is 5.73 Å². The molecule has 7 heteroatoms. The zero-order chi connectivity index (χ0) is 16.5. The molecule has 0 aliphatic carbocycles. The van der Waals surface area contributed by atoms with Gasteiger partial charge in [0, 0.05) is 24.1 Å². The summed E-state index contributed by atoms with van der Waals surface area (Å²) in [4.78, 5) is 23.1. The van der Waals surface area contributed by atoms with Crippen LogP contribution in [0.3, 0.4) is 0 Å². The van der Waals surface area contributed by atoms with E-state index in [1.807, 2.05) is 0 Å². The minimum Gasteiger partial charge on any atom is -0.462 e. The largest absolute Gasteiger partial charge is 0.462 e. The van der Waals surface area contributed by atoms with E-state index in [0.29, 0.717) is 10.9 Å². The molecule has 0 bridgehead atoms. The smallest absolute Gasteiger partial charge is 0.379 e. The summed E-state index contributed by atoms with van der Waals surface area (Å²) in [6, 6.07) is 4.62. The topological polar surface area (TPSA) is 74.3 Å². The van der Waals surface area contributed by atoms with Crippen molar-refractivity contribution in [3.63, 3.8) is 0 Å². The summed E-state index contributed by atoms with van der Waals surface area (Å²) in [5.74, 6) is -5.90. The lowest BCUT2D eigenvalue weighted by atomic mass is 10.0. The highest BCUT2D eigenvalue weighted by atomic mass is 19.3. The molecule has 0 saturated carbocycles. The predicted octanol–water partition coefficient (Wildman–Crippen LogP) is 2.50.